The van der Waals surface area contributed by atoms with E-state index in [-0.39, 0.29) is 17.6 Å². The molecular formula is C23H22F3N5OS. The normalized spacial score (nSPS) is 11.4. The molecule has 0 bridgehead atoms. The molecule has 0 atom stereocenters. The summed E-state index contributed by atoms with van der Waals surface area (Å²) in [5.74, 6) is 1.09. The Balaban J connectivity index is 1.64. The Kier molecular flexibility index (Phi) is 7.76. The Morgan fingerprint density at radius 2 is 1.97 bits per heavy atom. The zero-order chi connectivity index (χ0) is 24.0. The zero-order valence-corrected chi connectivity index (χ0v) is 18.9. The summed E-state index contributed by atoms with van der Waals surface area (Å²) in [5.41, 5.74) is 1.66. The van der Waals surface area contributed by atoms with Crippen molar-refractivity contribution >= 4 is 17.7 Å². The Morgan fingerprint density at radius 1 is 1.21 bits per heavy atom. The fourth-order valence-electron chi connectivity index (χ4n) is 3.22. The van der Waals surface area contributed by atoms with Crippen molar-refractivity contribution in [3.8, 4) is 11.9 Å². The molecule has 0 radical (unpaired) electrons. The van der Waals surface area contributed by atoms with Gasteiger partial charge in [0.25, 0.3) is 5.91 Å². The number of hydrogen-bond acceptors (Lipinski definition) is 5. The van der Waals surface area contributed by atoms with Crippen LogP contribution in [0.3, 0.4) is 0 Å². The number of amides is 1. The van der Waals surface area contributed by atoms with Crippen LogP contribution in [-0.4, -0.2) is 33.0 Å². The molecule has 172 valence electrons. The third-order valence-corrected chi connectivity index (χ3v) is 5.83. The predicted octanol–water partition coefficient (Wildman–Crippen LogP) is 4.94. The number of aromatic nitrogens is 3. The van der Waals surface area contributed by atoms with Crippen LogP contribution in [0.1, 0.15) is 52.5 Å². The van der Waals surface area contributed by atoms with Crippen LogP contribution < -0.4 is 5.32 Å². The van der Waals surface area contributed by atoms with E-state index in [1.165, 1.54) is 16.9 Å². The summed E-state index contributed by atoms with van der Waals surface area (Å²) in [7, 11) is 0. The van der Waals surface area contributed by atoms with Crippen LogP contribution in [0.2, 0.25) is 0 Å². The molecular weight excluding hydrogens is 451 g/mol. The molecule has 1 amide bonds. The number of benzene rings is 1. The lowest BCUT2D eigenvalue weighted by molar-refractivity contribution is -0.137. The molecule has 2 heterocycles. The molecule has 3 aromatic rings. The second-order valence-corrected chi connectivity index (χ2v) is 8.60. The van der Waals surface area contributed by atoms with E-state index in [9.17, 15) is 18.0 Å². The van der Waals surface area contributed by atoms with Gasteiger partial charge in [-0.25, -0.2) is 9.67 Å². The van der Waals surface area contributed by atoms with Crippen molar-refractivity contribution in [3.05, 3.63) is 76.7 Å². The van der Waals surface area contributed by atoms with Crippen molar-refractivity contribution in [2.24, 2.45) is 0 Å². The van der Waals surface area contributed by atoms with Crippen molar-refractivity contribution in [2.45, 2.75) is 31.7 Å². The Bertz CT molecular complexity index is 1150. The quantitative estimate of drug-likeness (QED) is 0.469. The highest BCUT2D eigenvalue weighted by Crippen LogP contribution is 2.29. The second-order valence-electron chi connectivity index (χ2n) is 7.49. The largest absolute Gasteiger partial charge is 0.417 e. The fraction of sp³-hybridized carbons (Fsp3) is 0.304. The molecule has 0 aliphatic carbocycles. The number of alkyl halides is 3. The van der Waals surface area contributed by atoms with Gasteiger partial charge in [0.1, 0.15) is 0 Å². The van der Waals surface area contributed by atoms with Gasteiger partial charge in [0.2, 0.25) is 0 Å². The topological polar surface area (TPSA) is 83.6 Å². The van der Waals surface area contributed by atoms with Gasteiger partial charge in [-0.2, -0.15) is 35.3 Å². The van der Waals surface area contributed by atoms with Crippen LogP contribution in [0, 0.1) is 11.3 Å². The maximum atomic E-state index is 12.8. The lowest BCUT2D eigenvalue weighted by Gasteiger charge is -2.13. The molecule has 0 spiro atoms. The maximum absolute atomic E-state index is 12.8. The molecule has 1 aromatic carbocycles. The van der Waals surface area contributed by atoms with Crippen molar-refractivity contribution in [1.29, 1.82) is 5.26 Å². The van der Waals surface area contributed by atoms with Crippen molar-refractivity contribution in [3.63, 3.8) is 0 Å². The average molecular weight is 474 g/mol. The van der Waals surface area contributed by atoms with Gasteiger partial charge in [-0.05, 0) is 29.7 Å². The molecule has 0 saturated heterocycles. The molecule has 0 aliphatic heterocycles. The second kappa shape index (κ2) is 10.5. The van der Waals surface area contributed by atoms with E-state index in [1.54, 1.807) is 17.8 Å². The monoisotopic (exact) mass is 473 g/mol. The average Bonchev–Trinajstić information content (AvgIpc) is 3.24. The van der Waals surface area contributed by atoms with Gasteiger partial charge in [-0.1, -0.05) is 32.0 Å². The minimum Gasteiger partial charge on any atom is -0.351 e. The van der Waals surface area contributed by atoms with Crippen LogP contribution in [0.25, 0.3) is 5.82 Å². The van der Waals surface area contributed by atoms with E-state index in [4.69, 9.17) is 5.26 Å². The van der Waals surface area contributed by atoms with Crippen LogP contribution >= 0.6 is 11.8 Å². The molecule has 0 fully saturated rings. The van der Waals surface area contributed by atoms with E-state index in [1.807, 2.05) is 32.0 Å². The van der Waals surface area contributed by atoms with Gasteiger partial charge in [0.05, 0.1) is 34.7 Å². The number of nitriles is 1. The predicted molar refractivity (Wildman–Crippen MR) is 120 cm³/mol. The summed E-state index contributed by atoms with van der Waals surface area (Å²) in [6.45, 7) is 4.16. The van der Waals surface area contributed by atoms with Crippen LogP contribution in [0.15, 0.2) is 48.8 Å². The van der Waals surface area contributed by atoms with Crippen molar-refractivity contribution in [1.82, 2.24) is 20.1 Å². The molecule has 1 N–H and O–H groups in total. The van der Waals surface area contributed by atoms with Gasteiger partial charge < -0.3 is 5.32 Å². The highest BCUT2D eigenvalue weighted by Gasteiger charge is 2.31. The maximum Gasteiger partial charge on any atom is 0.417 e. The summed E-state index contributed by atoms with van der Waals surface area (Å²) in [5, 5.41) is 16.2. The van der Waals surface area contributed by atoms with Crippen molar-refractivity contribution < 1.29 is 18.0 Å². The number of rotatable bonds is 8. The third kappa shape index (κ3) is 5.93. The van der Waals surface area contributed by atoms with E-state index in [2.05, 4.69) is 21.5 Å². The Hall–Kier alpha value is -3.32. The molecule has 6 nitrogen and oxygen atoms in total. The van der Waals surface area contributed by atoms with Crippen LogP contribution in [0.4, 0.5) is 13.2 Å². The molecule has 0 saturated carbocycles. The number of pyridine rings is 1. The standard InChI is InChI=1S/C23H22F3N5OS/c1-15(2)21-19(13-30-31(21)20-8-7-18(12-29-20)23(24,25)26)22(32)28-9-10-33-14-17-6-4-3-5-16(17)11-27/h3-8,12-13,15H,9-10,14H2,1-2H3,(H,28,32). The summed E-state index contributed by atoms with van der Waals surface area (Å²) >= 11 is 1.60. The molecule has 0 unspecified atom stereocenters. The number of nitrogens with zero attached hydrogens (tertiary/aromatic N) is 4. The van der Waals surface area contributed by atoms with E-state index < -0.39 is 11.7 Å². The number of carbonyl (C=O) groups excluding carboxylic acids is 1. The Labute approximate surface area is 193 Å². The van der Waals surface area contributed by atoms with E-state index in [0.29, 0.717) is 34.9 Å². The lowest BCUT2D eigenvalue weighted by atomic mass is 10.1. The molecule has 10 heteroatoms. The zero-order valence-electron chi connectivity index (χ0n) is 18.1. The first-order valence-corrected chi connectivity index (χ1v) is 11.3. The minimum absolute atomic E-state index is 0.116. The third-order valence-electron chi connectivity index (χ3n) is 4.82. The Morgan fingerprint density at radius 3 is 2.61 bits per heavy atom. The molecule has 0 aliphatic rings. The minimum atomic E-state index is -4.48. The summed E-state index contributed by atoms with van der Waals surface area (Å²) in [6, 6.07) is 11.7. The first-order valence-electron chi connectivity index (χ1n) is 10.2. The number of thioether (sulfide) groups is 1. The van der Waals surface area contributed by atoms with Crippen LogP contribution in [-0.2, 0) is 11.9 Å². The number of carbonyl (C=O) groups is 1. The smallest absolute Gasteiger partial charge is 0.351 e. The van der Waals surface area contributed by atoms with Gasteiger partial charge in [0, 0.05) is 24.2 Å². The highest BCUT2D eigenvalue weighted by molar-refractivity contribution is 7.98. The molecule has 2 aromatic heterocycles. The first-order chi connectivity index (χ1) is 15.7. The fourth-order valence-corrected chi connectivity index (χ4v) is 4.08. The highest BCUT2D eigenvalue weighted by atomic mass is 32.2. The summed E-state index contributed by atoms with van der Waals surface area (Å²) in [4.78, 5) is 16.6. The van der Waals surface area contributed by atoms with E-state index >= 15 is 0 Å². The van der Waals surface area contributed by atoms with Crippen molar-refractivity contribution in [2.75, 3.05) is 12.3 Å². The number of nitrogens with one attached hydrogen (secondary N) is 1. The summed E-state index contributed by atoms with van der Waals surface area (Å²) in [6.07, 6.45) is -2.32. The van der Waals surface area contributed by atoms with Crippen LogP contribution in [0.5, 0.6) is 0 Å². The molecule has 33 heavy (non-hydrogen) atoms. The van der Waals surface area contributed by atoms with Gasteiger partial charge in [-0.15, -0.1) is 0 Å². The van der Waals surface area contributed by atoms with E-state index in [0.717, 1.165) is 17.8 Å². The SMILES string of the molecule is CC(C)c1c(C(=O)NCCSCc2ccccc2C#N)cnn1-c1ccc(C(F)(F)F)cn1. The summed E-state index contributed by atoms with van der Waals surface area (Å²) < 4.78 is 39.8. The van der Waals surface area contributed by atoms with Gasteiger partial charge in [-0.3, -0.25) is 4.79 Å². The lowest BCUT2D eigenvalue weighted by Crippen LogP contribution is -2.27. The number of halogens is 3. The molecule has 3 rings (SSSR count). The van der Waals surface area contributed by atoms with Gasteiger partial charge >= 0.3 is 6.18 Å². The number of hydrogen-bond donors (Lipinski definition) is 1. The first kappa shape index (κ1) is 24.3. The van der Waals surface area contributed by atoms with Gasteiger partial charge in [0.15, 0.2) is 5.82 Å².